The van der Waals surface area contributed by atoms with Crippen LogP contribution in [0, 0.1) is 0 Å². The summed E-state index contributed by atoms with van der Waals surface area (Å²) in [6.45, 7) is 2.54. The maximum absolute atomic E-state index is 12.1. The average molecular weight is 277 g/mol. The zero-order valence-corrected chi connectivity index (χ0v) is 12.7. The summed E-state index contributed by atoms with van der Waals surface area (Å²) >= 11 is 0. The highest BCUT2D eigenvalue weighted by Gasteiger charge is 2.15. The molecule has 1 atom stereocenters. The molecular weight excluding hydrogens is 250 g/mol. The molecular formula is C16H27N3O. The van der Waals surface area contributed by atoms with Crippen LogP contribution in [0.2, 0.25) is 0 Å². The van der Waals surface area contributed by atoms with Crippen LogP contribution in [-0.2, 0) is 11.3 Å². The van der Waals surface area contributed by atoms with Crippen LogP contribution in [0.4, 0.5) is 0 Å². The maximum atomic E-state index is 12.1. The van der Waals surface area contributed by atoms with Crippen molar-refractivity contribution in [2.24, 2.45) is 0 Å². The van der Waals surface area contributed by atoms with Crippen LogP contribution in [0.1, 0.15) is 57.1 Å². The van der Waals surface area contributed by atoms with Crippen molar-refractivity contribution in [2.75, 3.05) is 7.05 Å². The van der Waals surface area contributed by atoms with Gasteiger partial charge in [-0.1, -0.05) is 25.7 Å². The topological polar surface area (TPSA) is 46.1 Å². The number of rotatable bonds is 5. The molecule has 2 rings (SSSR count). The monoisotopic (exact) mass is 277 g/mol. The molecule has 0 aliphatic heterocycles. The van der Waals surface area contributed by atoms with Crippen LogP contribution in [0.5, 0.6) is 0 Å². The molecule has 0 aromatic carbocycles. The van der Waals surface area contributed by atoms with Gasteiger partial charge in [0, 0.05) is 24.5 Å². The van der Waals surface area contributed by atoms with Crippen molar-refractivity contribution in [1.82, 2.24) is 15.2 Å². The smallest absolute Gasteiger partial charge is 0.240 e. The Bertz CT molecular complexity index is 419. The molecule has 1 fully saturated rings. The first-order chi connectivity index (χ1) is 9.69. The van der Waals surface area contributed by atoms with Gasteiger partial charge in [0.05, 0.1) is 0 Å². The Morgan fingerprint density at radius 2 is 2.05 bits per heavy atom. The third kappa shape index (κ3) is 4.37. The van der Waals surface area contributed by atoms with Gasteiger partial charge in [-0.15, -0.1) is 0 Å². The van der Waals surface area contributed by atoms with Crippen molar-refractivity contribution < 1.29 is 4.79 Å². The summed E-state index contributed by atoms with van der Waals surface area (Å²) in [6.07, 6.45) is 11.4. The molecule has 4 heteroatoms. The average Bonchev–Trinajstić information content (AvgIpc) is 2.74. The first-order valence-corrected chi connectivity index (χ1v) is 7.81. The van der Waals surface area contributed by atoms with Crippen molar-refractivity contribution in [2.45, 2.75) is 64.1 Å². The van der Waals surface area contributed by atoms with Crippen LogP contribution >= 0.6 is 0 Å². The van der Waals surface area contributed by atoms with Crippen molar-refractivity contribution in [3.8, 4) is 0 Å². The molecule has 0 radical (unpaired) electrons. The molecule has 1 aliphatic carbocycles. The van der Waals surface area contributed by atoms with E-state index in [9.17, 15) is 4.79 Å². The predicted octanol–water partition coefficient (Wildman–Crippen LogP) is 2.61. The van der Waals surface area contributed by atoms with Gasteiger partial charge in [0.1, 0.15) is 6.54 Å². The molecule has 2 N–H and O–H groups in total. The molecule has 1 aromatic rings. The quantitative estimate of drug-likeness (QED) is 0.813. The Morgan fingerprint density at radius 3 is 2.70 bits per heavy atom. The van der Waals surface area contributed by atoms with E-state index >= 15 is 0 Å². The van der Waals surface area contributed by atoms with Crippen molar-refractivity contribution >= 4 is 5.91 Å². The highest BCUT2D eigenvalue weighted by atomic mass is 16.2. The zero-order valence-electron chi connectivity index (χ0n) is 12.7. The fourth-order valence-electron chi connectivity index (χ4n) is 2.84. The Morgan fingerprint density at radius 1 is 1.35 bits per heavy atom. The van der Waals surface area contributed by atoms with Crippen LogP contribution in [0.15, 0.2) is 18.5 Å². The number of amides is 1. The van der Waals surface area contributed by atoms with Gasteiger partial charge in [-0.05, 0) is 38.4 Å². The lowest BCUT2D eigenvalue weighted by molar-refractivity contribution is -0.122. The first-order valence-electron chi connectivity index (χ1n) is 7.81. The fraction of sp³-hybridized carbons (Fsp3) is 0.688. The lowest BCUT2D eigenvalue weighted by Gasteiger charge is -2.16. The van der Waals surface area contributed by atoms with Crippen LogP contribution in [0.3, 0.4) is 0 Å². The normalized spacial score (nSPS) is 18.5. The standard InChI is InChI=1S/C16H27N3O/c1-13(17-2)14-9-10-19(11-14)12-16(20)18-15-7-5-3-4-6-8-15/h9-11,13,15,17H,3-8,12H2,1-2H3,(H,18,20). The molecule has 1 heterocycles. The second-order valence-electron chi connectivity index (χ2n) is 5.88. The molecule has 20 heavy (non-hydrogen) atoms. The van der Waals surface area contributed by atoms with Crippen LogP contribution in [0.25, 0.3) is 0 Å². The maximum Gasteiger partial charge on any atom is 0.240 e. The summed E-state index contributed by atoms with van der Waals surface area (Å²) in [6, 6.07) is 2.78. The van der Waals surface area contributed by atoms with Gasteiger partial charge in [0.15, 0.2) is 0 Å². The van der Waals surface area contributed by atoms with Crippen LogP contribution in [-0.4, -0.2) is 23.6 Å². The van der Waals surface area contributed by atoms with Crippen LogP contribution < -0.4 is 10.6 Å². The molecule has 1 aromatic heterocycles. The highest BCUT2D eigenvalue weighted by molar-refractivity contribution is 5.76. The number of aromatic nitrogens is 1. The molecule has 1 saturated carbocycles. The van der Waals surface area contributed by atoms with E-state index in [1.54, 1.807) is 0 Å². The SMILES string of the molecule is CNC(C)c1ccn(CC(=O)NC2CCCCCC2)c1. The number of nitrogens with zero attached hydrogens (tertiary/aromatic N) is 1. The van der Waals surface area contributed by atoms with E-state index in [1.807, 2.05) is 24.0 Å². The van der Waals surface area contributed by atoms with Crippen molar-refractivity contribution in [3.05, 3.63) is 24.0 Å². The minimum absolute atomic E-state index is 0.135. The Balaban J connectivity index is 1.82. The van der Waals surface area contributed by atoms with E-state index in [0.717, 1.165) is 12.8 Å². The lowest BCUT2D eigenvalue weighted by Crippen LogP contribution is -2.36. The van der Waals surface area contributed by atoms with Crippen molar-refractivity contribution in [3.63, 3.8) is 0 Å². The highest BCUT2D eigenvalue weighted by Crippen LogP contribution is 2.17. The number of nitrogens with one attached hydrogen (secondary N) is 2. The van der Waals surface area contributed by atoms with E-state index in [-0.39, 0.29) is 5.91 Å². The summed E-state index contributed by atoms with van der Waals surface area (Å²) in [4.78, 5) is 12.1. The minimum atomic E-state index is 0.135. The molecule has 112 valence electrons. The summed E-state index contributed by atoms with van der Waals surface area (Å²) in [7, 11) is 1.95. The summed E-state index contributed by atoms with van der Waals surface area (Å²) < 4.78 is 1.97. The largest absolute Gasteiger partial charge is 0.352 e. The minimum Gasteiger partial charge on any atom is -0.352 e. The van der Waals surface area contributed by atoms with Gasteiger partial charge in [-0.25, -0.2) is 0 Å². The van der Waals surface area contributed by atoms with Crippen molar-refractivity contribution in [1.29, 1.82) is 0 Å². The molecule has 1 unspecified atom stereocenters. The fourth-order valence-corrected chi connectivity index (χ4v) is 2.84. The van der Waals surface area contributed by atoms with Gasteiger partial charge >= 0.3 is 0 Å². The van der Waals surface area contributed by atoms with E-state index in [1.165, 1.54) is 31.2 Å². The molecule has 0 spiro atoms. The number of hydrogen-bond acceptors (Lipinski definition) is 2. The Labute approximate surface area is 121 Å². The lowest BCUT2D eigenvalue weighted by atomic mass is 10.1. The third-order valence-electron chi connectivity index (χ3n) is 4.25. The van der Waals surface area contributed by atoms with Gasteiger partial charge in [0.2, 0.25) is 5.91 Å². The van der Waals surface area contributed by atoms with E-state index in [0.29, 0.717) is 18.6 Å². The summed E-state index contributed by atoms with van der Waals surface area (Å²) in [5.74, 6) is 0.135. The Kier molecular flexibility index (Phi) is 5.65. The molecule has 0 bridgehead atoms. The molecule has 1 aliphatic rings. The third-order valence-corrected chi connectivity index (χ3v) is 4.25. The number of hydrogen-bond donors (Lipinski definition) is 2. The molecule has 4 nitrogen and oxygen atoms in total. The van der Waals surface area contributed by atoms with Gasteiger partial charge in [-0.3, -0.25) is 4.79 Å². The van der Waals surface area contributed by atoms with E-state index < -0.39 is 0 Å². The predicted molar refractivity (Wildman–Crippen MR) is 81.5 cm³/mol. The molecule has 0 saturated heterocycles. The molecule has 1 amide bonds. The van der Waals surface area contributed by atoms with Gasteiger partial charge in [-0.2, -0.15) is 0 Å². The van der Waals surface area contributed by atoms with Gasteiger partial charge in [0.25, 0.3) is 0 Å². The summed E-state index contributed by atoms with van der Waals surface area (Å²) in [5, 5.41) is 6.39. The first kappa shape index (κ1) is 15.1. The van der Waals surface area contributed by atoms with Gasteiger partial charge < -0.3 is 15.2 Å². The second-order valence-corrected chi connectivity index (χ2v) is 5.88. The summed E-state index contributed by atoms with van der Waals surface area (Å²) in [5.41, 5.74) is 1.22. The Hall–Kier alpha value is -1.29. The van der Waals surface area contributed by atoms with E-state index in [4.69, 9.17) is 0 Å². The second kappa shape index (κ2) is 7.48. The number of carbonyl (C=O) groups excluding carboxylic acids is 1. The van der Waals surface area contributed by atoms with E-state index in [2.05, 4.69) is 23.6 Å². The zero-order chi connectivity index (χ0) is 14.4. The number of carbonyl (C=O) groups is 1.